The minimum Gasteiger partial charge on any atom is -0.487 e. The molecule has 2 aromatic rings. The molecule has 142 valence electrons. The van der Waals surface area contributed by atoms with E-state index in [0.29, 0.717) is 18.1 Å². The monoisotopic (exact) mass is 372 g/mol. The summed E-state index contributed by atoms with van der Waals surface area (Å²) in [6, 6.07) is 5.81. The molecule has 2 amide bonds. The van der Waals surface area contributed by atoms with E-state index in [1.54, 1.807) is 36.7 Å². The first-order valence-corrected chi connectivity index (χ1v) is 8.29. The van der Waals surface area contributed by atoms with E-state index in [2.05, 4.69) is 9.97 Å². The molecule has 2 atom stereocenters. The second-order valence-corrected chi connectivity index (χ2v) is 5.95. The van der Waals surface area contributed by atoms with E-state index < -0.39 is 17.9 Å². The predicted octanol–water partition coefficient (Wildman–Crippen LogP) is 0.641. The molecule has 9 nitrogen and oxygen atoms in total. The quantitative estimate of drug-likeness (QED) is 0.791. The van der Waals surface area contributed by atoms with Crippen LogP contribution in [0.15, 0.2) is 36.7 Å². The Morgan fingerprint density at radius 1 is 1.22 bits per heavy atom. The molecule has 27 heavy (non-hydrogen) atoms. The van der Waals surface area contributed by atoms with Crippen LogP contribution in [0.25, 0.3) is 0 Å². The topological polar surface area (TPSA) is 117 Å². The van der Waals surface area contributed by atoms with Gasteiger partial charge in [-0.3, -0.25) is 14.6 Å². The zero-order valence-corrected chi connectivity index (χ0v) is 15.0. The summed E-state index contributed by atoms with van der Waals surface area (Å²) < 4.78 is 16.1. The van der Waals surface area contributed by atoms with Crippen molar-refractivity contribution in [2.75, 3.05) is 20.8 Å². The number of aromatic nitrogens is 2. The molecule has 0 aliphatic carbocycles. The number of nitrogens with zero attached hydrogens (tertiary/aromatic N) is 3. The van der Waals surface area contributed by atoms with Crippen LogP contribution in [0.1, 0.15) is 16.8 Å². The highest BCUT2D eigenvalue weighted by molar-refractivity contribution is 5.99. The van der Waals surface area contributed by atoms with E-state index in [1.165, 1.54) is 19.1 Å². The van der Waals surface area contributed by atoms with Gasteiger partial charge >= 0.3 is 0 Å². The number of hydrogen-bond donors (Lipinski definition) is 1. The maximum atomic E-state index is 13.0. The number of ether oxygens (including phenoxy) is 3. The van der Waals surface area contributed by atoms with Crippen LogP contribution in [0.5, 0.6) is 17.5 Å². The van der Waals surface area contributed by atoms with Crippen molar-refractivity contribution in [3.8, 4) is 17.5 Å². The Morgan fingerprint density at radius 2 is 2.04 bits per heavy atom. The second-order valence-electron chi connectivity index (χ2n) is 5.95. The molecule has 0 radical (unpaired) electrons. The first kappa shape index (κ1) is 18.4. The second kappa shape index (κ2) is 7.90. The van der Waals surface area contributed by atoms with Crippen molar-refractivity contribution in [1.82, 2.24) is 14.9 Å². The summed E-state index contributed by atoms with van der Waals surface area (Å²) in [4.78, 5) is 34.4. The lowest BCUT2D eigenvalue weighted by Gasteiger charge is -2.22. The molecule has 1 aliphatic heterocycles. The zero-order chi connectivity index (χ0) is 19.4. The lowest BCUT2D eigenvalue weighted by Crippen LogP contribution is -2.43. The Morgan fingerprint density at radius 3 is 2.67 bits per heavy atom. The SMILES string of the molecule is COc1ccc(C(=O)N2C[C@@H](Oc3cccnc3)C[C@H]2C(N)=O)c(OC)n1. The third-order valence-corrected chi connectivity index (χ3v) is 4.26. The molecule has 9 heteroatoms. The molecular weight excluding hydrogens is 352 g/mol. The Labute approximate surface area is 156 Å². The van der Waals surface area contributed by atoms with Crippen LogP contribution in [-0.4, -0.2) is 59.6 Å². The summed E-state index contributed by atoms with van der Waals surface area (Å²) in [5.41, 5.74) is 5.72. The van der Waals surface area contributed by atoms with Gasteiger partial charge in [-0.15, -0.1) is 0 Å². The first-order valence-electron chi connectivity index (χ1n) is 8.29. The fourth-order valence-electron chi connectivity index (χ4n) is 3.00. The van der Waals surface area contributed by atoms with Gasteiger partial charge in [-0.25, -0.2) is 0 Å². The van der Waals surface area contributed by atoms with E-state index >= 15 is 0 Å². The normalized spacial score (nSPS) is 18.8. The number of hydrogen-bond acceptors (Lipinski definition) is 7. The molecule has 0 aromatic carbocycles. The number of likely N-dealkylation sites (tertiary alicyclic amines) is 1. The van der Waals surface area contributed by atoms with E-state index in [-0.39, 0.29) is 24.1 Å². The van der Waals surface area contributed by atoms with Crippen molar-refractivity contribution in [2.24, 2.45) is 5.73 Å². The third-order valence-electron chi connectivity index (χ3n) is 4.26. The van der Waals surface area contributed by atoms with Gasteiger partial charge in [0.1, 0.15) is 23.5 Å². The van der Waals surface area contributed by atoms with Gasteiger partial charge in [0, 0.05) is 18.7 Å². The van der Waals surface area contributed by atoms with Gasteiger partial charge in [0.2, 0.25) is 17.7 Å². The number of methoxy groups -OCH3 is 2. The van der Waals surface area contributed by atoms with E-state index in [0.717, 1.165) is 0 Å². The van der Waals surface area contributed by atoms with Crippen LogP contribution in [0, 0.1) is 0 Å². The fraction of sp³-hybridized carbons (Fsp3) is 0.333. The Kier molecular flexibility index (Phi) is 5.39. The van der Waals surface area contributed by atoms with E-state index in [4.69, 9.17) is 19.9 Å². The number of primary amides is 1. The smallest absolute Gasteiger partial charge is 0.260 e. The van der Waals surface area contributed by atoms with Crippen LogP contribution in [0.4, 0.5) is 0 Å². The van der Waals surface area contributed by atoms with Gasteiger partial charge in [0.15, 0.2) is 0 Å². The van der Waals surface area contributed by atoms with Gasteiger partial charge < -0.3 is 24.8 Å². The van der Waals surface area contributed by atoms with Gasteiger partial charge in [-0.1, -0.05) is 0 Å². The molecule has 0 unspecified atom stereocenters. The van der Waals surface area contributed by atoms with Crippen LogP contribution in [0.3, 0.4) is 0 Å². The summed E-state index contributed by atoms with van der Waals surface area (Å²) in [6.45, 7) is 0.205. The third kappa shape index (κ3) is 3.91. The predicted molar refractivity (Wildman–Crippen MR) is 94.6 cm³/mol. The average Bonchev–Trinajstić information content (AvgIpc) is 3.11. The summed E-state index contributed by atoms with van der Waals surface area (Å²) in [6.07, 6.45) is 3.11. The molecular formula is C18H20N4O5. The largest absolute Gasteiger partial charge is 0.487 e. The maximum Gasteiger partial charge on any atom is 0.260 e. The van der Waals surface area contributed by atoms with Crippen LogP contribution >= 0.6 is 0 Å². The van der Waals surface area contributed by atoms with Crippen molar-refractivity contribution in [2.45, 2.75) is 18.6 Å². The lowest BCUT2D eigenvalue weighted by atomic mass is 10.1. The molecule has 0 bridgehead atoms. The van der Waals surface area contributed by atoms with Gasteiger partial charge in [0.05, 0.1) is 27.0 Å². The number of amides is 2. The summed E-state index contributed by atoms with van der Waals surface area (Å²) >= 11 is 0. The Balaban J connectivity index is 1.83. The van der Waals surface area contributed by atoms with Crippen molar-refractivity contribution in [3.05, 3.63) is 42.2 Å². The molecule has 2 N–H and O–H groups in total. The van der Waals surface area contributed by atoms with Gasteiger partial charge in [-0.2, -0.15) is 4.98 Å². The molecule has 0 spiro atoms. The summed E-state index contributed by atoms with van der Waals surface area (Å²) in [7, 11) is 2.87. The molecule has 3 rings (SSSR count). The molecule has 0 saturated carbocycles. The highest BCUT2D eigenvalue weighted by Crippen LogP contribution is 2.27. The molecule has 2 aromatic heterocycles. The van der Waals surface area contributed by atoms with Crippen molar-refractivity contribution >= 4 is 11.8 Å². The number of carbonyl (C=O) groups excluding carboxylic acids is 2. The molecule has 1 fully saturated rings. The van der Waals surface area contributed by atoms with Crippen LogP contribution < -0.4 is 19.9 Å². The fourth-order valence-corrected chi connectivity index (χ4v) is 3.00. The highest BCUT2D eigenvalue weighted by atomic mass is 16.5. The van der Waals surface area contributed by atoms with Crippen molar-refractivity contribution < 1.29 is 23.8 Å². The van der Waals surface area contributed by atoms with Crippen LogP contribution in [-0.2, 0) is 4.79 Å². The van der Waals surface area contributed by atoms with E-state index in [1.807, 2.05) is 0 Å². The summed E-state index contributed by atoms with van der Waals surface area (Å²) in [5, 5.41) is 0. The minimum atomic E-state index is -0.786. The molecule has 3 heterocycles. The Bertz CT molecular complexity index is 830. The molecule has 1 aliphatic rings. The zero-order valence-electron chi connectivity index (χ0n) is 15.0. The molecule has 1 saturated heterocycles. The van der Waals surface area contributed by atoms with Crippen molar-refractivity contribution in [3.63, 3.8) is 0 Å². The standard InChI is InChI=1S/C18H20N4O5/c1-25-15-6-5-13(17(21-15)26-2)18(24)22-10-12(8-14(22)16(19)23)27-11-4-3-7-20-9-11/h3-7,9,12,14H,8,10H2,1-2H3,(H2,19,23)/t12-,14-/m0/s1. The van der Waals surface area contributed by atoms with Gasteiger partial charge in [0.25, 0.3) is 5.91 Å². The minimum absolute atomic E-state index is 0.110. The number of pyridine rings is 2. The average molecular weight is 372 g/mol. The van der Waals surface area contributed by atoms with E-state index in [9.17, 15) is 9.59 Å². The maximum absolute atomic E-state index is 13.0. The first-order chi connectivity index (χ1) is 13.0. The van der Waals surface area contributed by atoms with Gasteiger partial charge in [-0.05, 0) is 18.2 Å². The summed E-state index contributed by atoms with van der Waals surface area (Å²) in [5.74, 6) is -0.0267. The highest BCUT2D eigenvalue weighted by Gasteiger charge is 2.41. The lowest BCUT2D eigenvalue weighted by molar-refractivity contribution is -0.121. The van der Waals surface area contributed by atoms with Crippen LogP contribution in [0.2, 0.25) is 0 Å². The Hall–Kier alpha value is -3.36. The number of carbonyl (C=O) groups is 2. The number of rotatable bonds is 6. The van der Waals surface area contributed by atoms with Crippen molar-refractivity contribution in [1.29, 1.82) is 0 Å². The number of nitrogens with two attached hydrogens (primary N) is 1.